The lowest BCUT2D eigenvalue weighted by Crippen LogP contribution is -2.46. The van der Waals surface area contributed by atoms with E-state index in [9.17, 15) is 49.6 Å². The fourth-order valence-corrected chi connectivity index (χ4v) is 4.22. The number of benzene rings is 1. The number of aromatic nitrogens is 4. The molecule has 1 aromatic carbocycles. The van der Waals surface area contributed by atoms with Crippen molar-refractivity contribution in [3.63, 3.8) is 0 Å². The van der Waals surface area contributed by atoms with Gasteiger partial charge in [-0.3, -0.25) is 4.79 Å². The van der Waals surface area contributed by atoms with Crippen LogP contribution in [0.2, 0.25) is 10.0 Å². The zero-order valence-electron chi connectivity index (χ0n) is 20.0. The Morgan fingerprint density at radius 2 is 1.78 bits per heavy atom. The van der Waals surface area contributed by atoms with Crippen molar-refractivity contribution >= 4 is 29.1 Å². The van der Waals surface area contributed by atoms with Gasteiger partial charge in [-0.2, -0.15) is 45.5 Å². The zero-order valence-corrected chi connectivity index (χ0v) is 21.5. The Hall–Kier alpha value is -3.65. The van der Waals surface area contributed by atoms with Gasteiger partial charge in [-0.1, -0.05) is 23.2 Å². The molecule has 1 aliphatic rings. The summed E-state index contributed by atoms with van der Waals surface area (Å²) in [6.45, 7) is 0. The number of nitriles is 1. The van der Waals surface area contributed by atoms with Gasteiger partial charge in [0.05, 0.1) is 27.9 Å². The Morgan fingerprint density at radius 1 is 1.15 bits per heavy atom. The lowest BCUT2D eigenvalue weighted by atomic mass is 10.0. The molecule has 41 heavy (non-hydrogen) atoms. The van der Waals surface area contributed by atoms with E-state index < -0.39 is 53.3 Å². The second-order valence-corrected chi connectivity index (χ2v) is 9.64. The van der Waals surface area contributed by atoms with Crippen molar-refractivity contribution < 1.29 is 49.0 Å². The molecule has 0 bridgehead atoms. The third-order valence-corrected chi connectivity index (χ3v) is 6.44. The minimum Gasteiger partial charge on any atom is -0.410 e. The van der Waals surface area contributed by atoms with Crippen molar-refractivity contribution in [1.82, 2.24) is 24.9 Å². The van der Waals surface area contributed by atoms with Gasteiger partial charge in [0.2, 0.25) is 0 Å². The van der Waals surface area contributed by atoms with Gasteiger partial charge in [-0.25, -0.2) is 13.8 Å². The predicted octanol–water partition coefficient (Wildman–Crippen LogP) is 6.26. The Bertz CT molecular complexity index is 1550. The molecule has 220 valence electrons. The first-order chi connectivity index (χ1) is 18.8. The molecule has 2 heterocycles. The summed E-state index contributed by atoms with van der Waals surface area (Å²) in [4.78, 5) is 12.7. The number of hydrogen-bond acceptors (Lipinski definition) is 5. The Kier molecular flexibility index (Phi) is 7.40. The van der Waals surface area contributed by atoms with Crippen LogP contribution in [0.3, 0.4) is 0 Å². The van der Waals surface area contributed by atoms with E-state index in [1.165, 1.54) is 6.07 Å². The maximum absolute atomic E-state index is 13.9. The van der Waals surface area contributed by atoms with Crippen molar-refractivity contribution in [3.05, 3.63) is 45.7 Å². The van der Waals surface area contributed by atoms with E-state index in [2.05, 4.69) is 20.3 Å². The number of halogens is 11. The summed E-state index contributed by atoms with van der Waals surface area (Å²) in [6, 6.07) is 4.29. The number of rotatable bonds is 7. The highest BCUT2D eigenvalue weighted by Crippen LogP contribution is 2.44. The summed E-state index contributed by atoms with van der Waals surface area (Å²) < 4.78 is 124. The van der Waals surface area contributed by atoms with Crippen molar-refractivity contribution in [2.24, 2.45) is 7.05 Å². The Labute approximate surface area is 233 Å². The van der Waals surface area contributed by atoms with Crippen molar-refractivity contribution in [1.29, 1.82) is 5.26 Å². The zero-order chi connectivity index (χ0) is 30.7. The number of alkyl halides is 9. The van der Waals surface area contributed by atoms with Gasteiger partial charge in [-0.05, 0) is 25.0 Å². The summed E-state index contributed by atoms with van der Waals surface area (Å²) in [5.74, 6) is -3.87. The SMILES string of the molecule is Cn1nc(OC(F)(F)C(F)C(F)(F)F)c(C(F)(F)F)c1-n1cc(-c2cc(C(=O)NC3(C#N)CC3)c(Cl)cc2Cl)cn1. The summed E-state index contributed by atoms with van der Waals surface area (Å²) in [7, 11) is 0.814. The lowest BCUT2D eigenvalue weighted by Gasteiger charge is -2.22. The summed E-state index contributed by atoms with van der Waals surface area (Å²) >= 11 is 12.3. The van der Waals surface area contributed by atoms with Crippen LogP contribution in [0.4, 0.5) is 39.5 Å². The molecule has 1 unspecified atom stereocenters. The molecule has 0 spiro atoms. The molecule has 0 aliphatic heterocycles. The van der Waals surface area contributed by atoms with Crippen molar-refractivity contribution in [3.8, 4) is 28.9 Å². The highest BCUT2D eigenvalue weighted by atomic mass is 35.5. The number of amides is 1. The van der Waals surface area contributed by atoms with E-state index in [1.54, 1.807) is 0 Å². The maximum Gasteiger partial charge on any atom is 0.440 e. The van der Waals surface area contributed by atoms with E-state index in [1.807, 2.05) is 6.07 Å². The van der Waals surface area contributed by atoms with Crippen LogP contribution < -0.4 is 10.1 Å². The van der Waals surface area contributed by atoms with Gasteiger partial charge < -0.3 is 10.1 Å². The molecular formula is C22H13Cl2F9N6O2. The van der Waals surface area contributed by atoms with Crippen LogP contribution in [0.1, 0.15) is 28.8 Å². The van der Waals surface area contributed by atoms with Crippen LogP contribution >= 0.6 is 23.2 Å². The summed E-state index contributed by atoms with van der Waals surface area (Å²) in [5.41, 5.74) is -3.28. The molecule has 4 rings (SSSR count). The fraction of sp³-hybridized carbons (Fsp3) is 0.364. The van der Waals surface area contributed by atoms with Gasteiger partial charge in [0.25, 0.3) is 18.0 Å². The molecule has 0 radical (unpaired) electrons. The Balaban J connectivity index is 1.75. The number of carbonyl (C=O) groups excluding carboxylic acids is 1. The van der Waals surface area contributed by atoms with Crippen LogP contribution in [0, 0.1) is 11.3 Å². The van der Waals surface area contributed by atoms with Crippen LogP contribution in [-0.4, -0.2) is 49.5 Å². The van der Waals surface area contributed by atoms with Gasteiger partial charge >= 0.3 is 18.5 Å². The molecule has 0 saturated heterocycles. The van der Waals surface area contributed by atoms with Crippen LogP contribution in [0.25, 0.3) is 16.9 Å². The number of ether oxygens (including phenoxy) is 1. The molecule has 1 fully saturated rings. The van der Waals surface area contributed by atoms with Gasteiger partial charge in [-0.15, -0.1) is 5.10 Å². The highest BCUT2D eigenvalue weighted by molar-refractivity contribution is 6.38. The quantitative estimate of drug-likeness (QED) is 0.310. The van der Waals surface area contributed by atoms with Crippen molar-refractivity contribution in [2.45, 2.75) is 43.0 Å². The smallest absolute Gasteiger partial charge is 0.410 e. The molecule has 1 atom stereocenters. The van der Waals surface area contributed by atoms with Crippen LogP contribution in [0.5, 0.6) is 5.88 Å². The van der Waals surface area contributed by atoms with Crippen LogP contribution in [-0.2, 0) is 13.2 Å². The molecular weight excluding hydrogens is 622 g/mol. The average molecular weight is 635 g/mol. The number of nitrogens with one attached hydrogen (secondary N) is 1. The maximum atomic E-state index is 13.9. The second-order valence-electron chi connectivity index (χ2n) is 8.83. The average Bonchev–Trinajstić information content (AvgIpc) is 3.29. The molecule has 1 N–H and O–H groups in total. The van der Waals surface area contributed by atoms with E-state index in [4.69, 9.17) is 23.2 Å². The first-order valence-corrected chi connectivity index (χ1v) is 11.8. The lowest BCUT2D eigenvalue weighted by molar-refractivity contribution is -0.306. The first-order valence-electron chi connectivity index (χ1n) is 11.0. The first kappa shape index (κ1) is 30.3. The number of nitrogens with zero attached hydrogens (tertiary/aromatic N) is 5. The molecule has 1 saturated carbocycles. The van der Waals surface area contributed by atoms with E-state index in [-0.39, 0.29) is 26.7 Å². The van der Waals surface area contributed by atoms with E-state index in [0.717, 1.165) is 25.5 Å². The third-order valence-electron chi connectivity index (χ3n) is 5.81. The number of carbonyl (C=O) groups is 1. The predicted molar refractivity (Wildman–Crippen MR) is 122 cm³/mol. The highest BCUT2D eigenvalue weighted by Gasteiger charge is 2.60. The molecule has 8 nitrogen and oxygen atoms in total. The van der Waals surface area contributed by atoms with Gasteiger partial charge in [0.15, 0.2) is 11.4 Å². The summed E-state index contributed by atoms with van der Waals surface area (Å²) in [5, 5.41) is 18.3. The second kappa shape index (κ2) is 10.0. The van der Waals surface area contributed by atoms with Crippen molar-refractivity contribution in [2.75, 3.05) is 0 Å². The molecule has 3 aromatic rings. The normalized spacial score (nSPS) is 15.8. The topological polar surface area (TPSA) is 97.8 Å². The van der Waals surface area contributed by atoms with E-state index in [0.29, 0.717) is 22.2 Å². The van der Waals surface area contributed by atoms with Gasteiger partial charge in [0.1, 0.15) is 5.54 Å². The summed E-state index contributed by atoms with van der Waals surface area (Å²) in [6.07, 6.45) is -19.7. The largest absolute Gasteiger partial charge is 0.440 e. The van der Waals surface area contributed by atoms with Gasteiger partial charge in [0, 0.05) is 24.4 Å². The molecule has 1 amide bonds. The minimum atomic E-state index is -6.15. The van der Waals surface area contributed by atoms with E-state index >= 15 is 0 Å². The molecule has 1 aliphatic carbocycles. The number of aryl methyl sites for hydroxylation is 1. The molecule has 2 aromatic heterocycles. The molecule has 19 heteroatoms. The monoisotopic (exact) mass is 634 g/mol. The van der Waals surface area contributed by atoms with Crippen LogP contribution in [0.15, 0.2) is 24.5 Å². The number of hydrogen-bond donors (Lipinski definition) is 1. The third kappa shape index (κ3) is 5.89. The Morgan fingerprint density at radius 3 is 2.32 bits per heavy atom. The fourth-order valence-electron chi connectivity index (χ4n) is 3.64. The minimum absolute atomic E-state index is 0.0230. The standard InChI is InChI=1S/C22H13Cl2F9N6O2/c1-38-17(14(20(26,27)28)16(37-38)41-22(32,33)18(25)21(29,30)31)39-7-9(6-35-39)10-4-11(13(24)5-12(10)23)15(40)36-19(8-34)2-3-19/h4-7,18H,2-3H2,1H3,(H,36,40).